The van der Waals surface area contributed by atoms with Crippen molar-refractivity contribution in [1.29, 1.82) is 0 Å². The number of carbonyl (C=O) groups is 1. The minimum atomic E-state index is -4.00. The topological polar surface area (TPSA) is 75.7 Å². The van der Waals surface area contributed by atoms with E-state index >= 15 is 0 Å². The number of carbonyl (C=O) groups excluding carboxylic acids is 1. The molecule has 1 unspecified atom stereocenters. The molecule has 3 rings (SSSR count). The second kappa shape index (κ2) is 10.7. The number of hydrogen-bond acceptors (Lipinski definition) is 4. The van der Waals surface area contributed by atoms with E-state index in [9.17, 15) is 13.2 Å². The van der Waals surface area contributed by atoms with Crippen LogP contribution in [0.3, 0.4) is 0 Å². The number of aryl methyl sites for hydroxylation is 1. The number of nitrogens with zero attached hydrogens (tertiary/aromatic N) is 1. The number of halogens is 1. The van der Waals surface area contributed by atoms with Crippen LogP contribution in [-0.4, -0.2) is 27.5 Å². The fourth-order valence-electron chi connectivity index (χ4n) is 3.40. The number of sulfonamides is 1. The van der Waals surface area contributed by atoms with Gasteiger partial charge in [-0.1, -0.05) is 41.9 Å². The molecule has 1 N–H and O–H groups in total. The molecule has 0 saturated carbocycles. The van der Waals surface area contributed by atoms with Crippen molar-refractivity contribution in [2.45, 2.75) is 31.7 Å². The van der Waals surface area contributed by atoms with Gasteiger partial charge >= 0.3 is 0 Å². The van der Waals surface area contributed by atoms with Crippen LogP contribution in [-0.2, 0) is 14.8 Å². The summed E-state index contributed by atoms with van der Waals surface area (Å²) in [6.07, 6.45) is 0. The summed E-state index contributed by atoms with van der Waals surface area (Å²) >= 11 is 5.93. The lowest BCUT2D eigenvalue weighted by Gasteiger charge is -2.26. The lowest BCUT2D eigenvalue weighted by Crippen LogP contribution is -2.41. The Bertz CT molecular complexity index is 1200. The fraction of sp³-hybridized carbons (Fsp3) is 0.240. The maximum atomic E-state index is 13.5. The smallest absolute Gasteiger partial charge is 0.264 e. The molecule has 0 aliphatic rings. The summed E-state index contributed by atoms with van der Waals surface area (Å²) in [6, 6.07) is 20.1. The molecule has 8 heteroatoms. The molecule has 0 radical (unpaired) electrons. The zero-order chi connectivity index (χ0) is 24.0. The van der Waals surface area contributed by atoms with E-state index in [4.69, 9.17) is 16.3 Å². The molecule has 33 heavy (non-hydrogen) atoms. The van der Waals surface area contributed by atoms with Crippen molar-refractivity contribution >= 4 is 33.2 Å². The Kier molecular flexibility index (Phi) is 8.00. The Hall–Kier alpha value is -3.03. The molecule has 0 bridgehead atoms. The van der Waals surface area contributed by atoms with Gasteiger partial charge in [-0.3, -0.25) is 9.10 Å². The third-order valence-electron chi connectivity index (χ3n) is 5.14. The van der Waals surface area contributed by atoms with E-state index in [2.05, 4.69) is 5.32 Å². The highest BCUT2D eigenvalue weighted by molar-refractivity contribution is 7.92. The van der Waals surface area contributed by atoms with Gasteiger partial charge < -0.3 is 10.1 Å². The highest BCUT2D eigenvalue weighted by Crippen LogP contribution is 2.27. The minimum absolute atomic E-state index is 0.0579. The lowest BCUT2D eigenvalue weighted by molar-refractivity contribution is -0.120. The van der Waals surface area contributed by atoms with Crippen LogP contribution in [0.25, 0.3) is 0 Å². The summed E-state index contributed by atoms with van der Waals surface area (Å²) in [6.45, 7) is 5.77. The van der Waals surface area contributed by atoms with Gasteiger partial charge in [-0.25, -0.2) is 8.42 Å². The first-order valence-electron chi connectivity index (χ1n) is 10.6. The number of benzene rings is 3. The van der Waals surface area contributed by atoms with Crippen molar-refractivity contribution in [1.82, 2.24) is 5.32 Å². The molecule has 0 aliphatic heterocycles. The van der Waals surface area contributed by atoms with Crippen LogP contribution in [0, 0.1) is 6.92 Å². The summed E-state index contributed by atoms with van der Waals surface area (Å²) in [7, 11) is -4.00. The first-order chi connectivity index (χ1) is 15.7. The van der Waals surface area contributed by atoms with Crippen molar-refractivity contribution in [2.24, 2.45) is 0 Å². The standard InChI is InChI=1S/C25H27ClN2O4S/c1-4-32-22-13-9-20(10-14-22)19(3)27-25(29)17-28(24-8-6-5-7-18(24)2)33(30,31)23-15-11-21(26)12-16-23/h5-16,19H,4,17H2,1-3H3,(H,27,29). The van der Waals surface area contributed by atoms with Crippen LogP contribution >= 0.6 is 11.6 Å². The van der Waals surface area contributed by atoms with E-state index in [0.717, 1.165) is 21.2 Å². The molecule has 1 amide bonds. The summed E-state index contributed by atoms with van der Waals surface area (Å²) in [4.78, 5) is 13.0. The molecular formula is C25H27ClN2O4S. The van der Waals surface area contributed by atoms with E-state index in [1.807, 2.05) is 44.2 Å². The lowest BCUT2D eigenvalue weighted by atomic mass is 10.1. The monoisotopic (exact) mass is 486 g/mol. The fourth-order valence-corrected chi connectivity index (χ4v) is 5.01. The van der Waals surface area contributed by atoms with Crippen LogP contribution in [0.15, 0.2) is 77.7 Å². The summed E-state index contributed by atoms with van der Waals surface area (Å²) < 4.78 is 33.5. The van der Waals surface area contributed by atoms with Crippen LogP contribution in [0.5, 0.6) is 5.75 Å². The van der Waals surface area contributed by atoms with Crippen molar-refractivity contribution in [3.05, 3.63) is 88.9 Å². The van der Waals surface area contributed by atoms with E-state index in [0.29, 0.717) is 17.3 Å². The largest absolute Gasteiger partial charge is 0.494 e. The number of anilines is 1. The van der Waals surface area contributed by atoms with Gasteiger partial charge in [0.1, 0.15) is 12.3 Å². The van der Waals surface area contributed by atoms with E-state index < -0.39 is 15.9 Å². The first-order valence-corrected chi connectivity index (χ1v) is 12.4. The average Bonchev–Trinajstić information content (AvgIpc) is 2.79. The van der Waals surface area contributed by atoms with Gasteiger partial charge in [-0.15, -0.1) is 0 Å². The molecule has 0 aliphatic carbocycles. The molecule has 6 nitrogen and oxygen atoms in total. The van der Waals surface area contributed by atoms with Gasteiger partial charge in [0.25, 0.3) is 10.0 Å². The van der Waals surface area contributed by atoms with Crippen molar-refractivity contribution in [3.8, 4) is 5.75 Å². The van der Waals surface area contributed by atoms with E-state index in [-0.39, 0.29) is 17.5 Å². The van der Waals surface area contributed by atoms with Crippen molar-refractivity contribution < 1.29 is 17.9 Å². The SMILES string of the molecule is CCOc1ccc(C(C)NC(=O)CN(c2ccccc2C)S(=O)(=O)c2ccc(Cl)cc2)cc1. The van der Waals surface area contributed by atoms with Gasteiger partial charge in [-0.2, -0.15) is 0 Å². The van der Waals surface area contributed by atoms with Gasteiger partial charge in [0.15, 0.2) is 0 Å². The van der Waals surface area contributed by atoms with Crippen LogP contribution in [0.2, 0.25) is 5.02 Å². The Morgan fingerprint density at radius 1 is 1.03 bits per heavy atom. The molecule has 1 atom stereocenters. The Balaban J connectivity index is 1.85. The summed E-state index contributed by atoms with van der Waals surface area (Å²) in [5.74, 6) is 0.330. The van der Waals surface area contributed by atoms with Crippen LogP contribution < -0.4 is 14.4 Å². The second-order valence-corrected chi connectivity index (χ2v) is 9.84. The number of nitrogens with one attached hydrogen (secondary N) is 1. The number of ether oxygens (including phenoxy) is 1. The Morgan fingerprint density at radius 2 is 1.67 bits per heavy atom. The molecule has 0 saturated heterocycles. The number of amides is 1. The molecule has 0 heterocycles. The van der Waals surface area contributed by atoms with Gasteiger partial charge in [0, 0.05) is 5.02 Å². The van der Waals surface area contributed by atoms with E-state index in [1.54, 1.807) is 25.1 Å². The first kappa shape index (κ1) is 24.6. The number of hydrogen-bond donors (Lipinski definition) is 1. The normalized spacial score (nSPS) is 12.1. The maximum absolute atomic E-state index is 13.5. The molecule has 0 fully saturated rings. The van der Waals surface area contributed by atoms with Crippen molar-refractivity contribution in [3.63, 3.8) is 0 Å². The van der Waals surface area contributed by atoms with Gasteiger partial charge in [-0.05, 0) is 74.4 Å². The highest BCUT2D eigenvalue weighted by Gasteiger charge is 2.28. The highest BCUT2D eigenvalue weighted by atomic mass is 35.5. The molecule has 0 spiro atoms. The Labute approximate surface area is 200 Å². The van der Waals surface area contributed by atoms with Crippen molar-refractivity contribution in [2.75, 3.05) is 17.5 Å². The minimum Gasteiger partial charge on any atom is -0.494 e. The van der Waals surface area contributed by atoms with Gasteiger partial charge in [0.2, 0.25) is 5.91 Å². The molecule has 174 valence electrons. The number of para-hydroxylation sites is 1. The predicted octanol–water partition coefficient (Wildman–Crippen LogP) is 5.12. The number of rotatable bonds is 9. The van der Waals surface area contributed by atoms with E-state index in [1.165, 1.54) is 24.3 Å². The Morgan fingerprint density at radius 3 is 2.27 bits per heavy atom. The zero-order valence-electron chi connectivity index (χ0n) is 18.8. The summed E-state index contributed by atoms with van der Waals surface area (Å²) in [5, 5.41) is 3.32. The molecule has 0 aromatic heterocycles. The van der Waals surface area contributed by atoms with Crippen LogP contribution in [0.1, 0.15) is 31.0 Å². The summed E-state index contributed by atoms with van der Waals surface area (Å²) in [5.41, 5.74) is 2.06. The zero-order valence-corrected chi connectivity index (χ0v) is 20.4. The average molecular weight is 487 g/mol. The maximum Gasteiger partial charge on any atom is 0.264 e. The quantitative estimate of drug-likeness (QED) is 0.455. The third-order valence-corrected chi connectivity index (χ3v) is 7.17. The molecule has 3 aromatic carbocycles. The predicted molar refractivity (Wildman–Crippen MR) is 131 cm³/mol. The molecular weight excluding hydrogens is 460 g/mol. The molecule has 3 aromatic rings. The van der Waals surface area contributed by atoms with Crippen LogP contribution in [0.4, 0.5) is 5.69 Å². The third kappa shape index (κ3) is 6.06. The van der Waals surface area contributed by atoms with Gasteiger partial charge in [0.05, 0.1) is 23.2 Å². The second-order valence-electron chi connectivity index (χ2n) is 7.54.